The van der Waals surface area contributed by atoms with Crippen LogP contribution in [0.3, 0.4) is 0 Å². The van der Waals surface area contributed by atoms with E-state index in [-0.39, 0.29) is 24.0 Å². The van der Waals surface area contributed by atoms with E-state index in [1.54, 1.807) is 36.1 Å². The summed E-state index contributed by atoms with van der Waals surface area (Å²) in [5, 5.41) is 0. The Bertz CT molecular complexity index is 817. The van der Waals surface area contributed by atoms with Gasteiger partial charge in [0, 0.05) is 18.7 Å². The molecule has 1 aliphatic heterocycles. The van der Waals surface area contributed by atoms with E-state index < -0.39 is 11.9 Å². The summed E-state index contributed by atoms with van der Waals surface area (Å²) in [4.78, 5) is 28.5. The number of nitrogens with zero attached hydrogens (tertiary/aromatic N) is 2. The summed E-state index contributed by atoms with van der Waals surface area (Å²) in [6.45, 7) is 6.14. The Labute approximate surface area is 146 Å². The summed E-state index contributed by atoms with van der Waals surface area (Å²) in [5.74, 6) is -0.870. The Hall–Kier alpha value is -2.69. The quantitative estimate of drug-likeness (QED) is 0.841. The number of amides is 2. The second-order valence-corrected chi connectivity index (χ2v) is 6.49. The lowest BCUT2D eigenvalue weighted by Gasteiger charge is -2.39. The largest absolute Gasteiger partial charge is 0.325 e. The summed E-state index contributed by atoms with van der Waals surface area (Å²) in [7, 11) is 0. The van der Waals surface area contributed by atoms with Gasteiger partial charge in [0.15, 0.2) is 0 Å². The molecule has 4 nitrogen and oxygen atoms in total. The molecule has 2 amide bonds. The van der Waals surface area contributed by atoms with Crippen molar-refractivity contribution in [1.29, 1.82) is 0 Å². The third kappa shape index (κ3) is 3.27. The van der Waals surface area contributed by atoms with Gasteiger partial charge >= 0.3 is 0 Å². The number of halogens is 1. The third-order valence-electron chi connectivity index (χ3n) is 4.61. The molecule has 25 heavy (non-hydrogen) atoms. The molecule has 130 valence electrons. The average Bonchev–Trinajstić information content (AvgIpc) is 2.60. The van der Waals surface area contributed by atoms with Gasteiger partial charge in [-0.2, -0.15) is 0 Å². The number of rotatable bonds is 2. The maximum absolute atomic E-state index is 14.1. The van der Waals surface area contributed by atoms with Crippen LogP contribution in [0, 0.1) is 19.7 Å². The summed E-state index contributed by atoms with van der Waals surface area (Å²) in [5.41, 5.74) is 2.79. The Kier molecular flexibility index (Phi) is 4.57. The minimum absolute atomic E-state index is 0.176. The predicted molar refractivity (Wildman–Crippen MR) is 95.2 cm³/mol. The number of piperazine rings is 1. The molecule has 0 aromatic heterocycles. The molecule has 1 atom stereocenters. The van der Waals surface area contributed by atoms with Gasteiger partial charge in [-0.05, 0) is 50.6 Å². The van der Waals surface area contributed by atoms with Gasteiger partial charge in [0.25, 0.3) is 5.91 Å². The molecule has 2 aromatic rings. The summed E-state index contributed by atoms with van der Waals surface area (Å²) in [6, 6.07) is 11.3. The zero-order chi connectivity index (χ0) is 18.1. The molecule has 0 unspecified atom stereocenters. The minimum Gasteiger partial charge on any atom is -0.325 e. The van der Waals surface area contributed by atoms with E-state index in [0.29, 0.717) is 12.1 Å². The number of hydrogen-bond acceptors (Lipinski definition) is 2. The van der Waals surface area contributed by atoms with Gasteiger partial charge in [-0.3, -0.25) is 9.59 Å². The Morgan fingerprint density at radius 1 is 1.04 bits per heavy atom. The highest BCUT2D eigenvalue weighted by Crippen LogP contribution is 2.25. The van der Waals surface area contributed by atoms with Crippen molar-refractivity contribution in [3.8, 4) is 0 Å². The van der Waals surface area contributed by atoms with Crippen molar-refractivity contribution in [3.05, 3.63) is 65.0 Å². The topological polar surface area (TPSA) is 40.6 Å². The summed E-state index contributed by atoms with van der Waals surface area (Å²) in [6.07, 6.45) is 0. The highest BCUT2D eigenvalue weighted by atomic mass is 19.1. The van der Waals surface area contributed by atoms with Crippen LogP contribution in [0.25, 0.3) is 0 Å². The second-order valence-electron chi connectivity index (χ2n) is 6.49. The van der Waals surface area contributed by atoms with Gasteiger partial charge < -0.3 is 9.80 Å². The molecule has 0 radical (unpaired) electrons. The van der Waals surface area contributed by atoms with Gasteiger partial charge in [0.1, 0.15) is 11.9 Å². The van der Waals surface area contributed by atoms with Crippen LogP contribution in [0.2, 0.25) is 0 Å². The van der Waals surface area contributed by atoms with E-state index in [1.165, 1.54) is 11.0 Å². The van der Waals surface area contributed by atoms with E-state index in [1.807, 2.05) is 26.0 Å². The Morgan fingerprint density at radius 2 is 1.68 bits per heavy atom. The lowest BCUT2D eigenvalue weighted by atomic mass is 10.1. The third-order valence-corrected chi connectivity index (χ3v) is 4.61. The Morgan fingerprint density at radius 3 is 2.36 bits per heavy atom. The molecule has 0 spiro atoms. The van der Waals surface area contributed by atoms with Crippen LogP contribution in [-0.2, 0) is 4.79 Å². The first-order valence-electron chi connectivity index (χ1n) is 8.33. The molecule has 1 aliphatic rings. The van der Waals surface area contributed by atoms with Gasteiger partial charge in [-0.25, -0.2) is 4.39 Å². The molecule has 3 rings (SSSR count). The molecule has 0 aliphatic carbocycles. The van der Waals surface area contributed by atoms with Crippen molar-refractivity contribution in [2.24, 2.45) is 0 Å². The first-order valence-corrected chi connectivity index (χ1v) is 8.33. The average molecular weight is 340 g/mol. The number of aryl methyl sites for hydroxylation is 2. The molecule has 1 heterocycles. The van der Waals surface area contributed by atoms with Gasteiger partial charge in [0.05, 0.1) is 5.69 Å². The fraction of sp³-hybridized carbons (Fsp3) is 0.300. The lowest BCUT2D eigenvalue weighted by molar-refractivity contribution is -0.124. The molecule has 1 fully saturated rings. The van der Waals surface area contributed by atoms with Crippen molar-refractivity contribution < 1.29 is 14.0 Å². The van der Waals surface area contributed by atoms with E-state index >= 15 is 0 Å². The molecular weight excluding hydrogens is 319 g/mol. The fourth-order valence-corrected chi connectivity index (χ4v) is 3.08. The summed E-state index contributed by atoms with van der Waals surface area (Å²) >= 11 is 0. The molecule has 0 saturated carbocycles. The van der Waals surface area contributed by atoms with Crippen molar-refractivity contribution in [2.75, 3.05) is 18.0 Å². The van der Waals surface area contributed by atoms with Crippen LogP contribution < -0.4 is 4.90 Å². The van der Waals surface area contributed by atoms with Crippen molar-refractivity contribution in [1.82, 2.24) is 4.90 Å². The molecule has 1 saturated heterocycles. The smallest absolute Gasteiger partial charge is 0.254 e. The van der Waals surface area contributed by atoms with Gasteiger partial charge in [-0.1, -0.05) is 23.8 Å². The highest BCUT2D eigenvalue weighted by molar-refractivity contribution is 6.03. The number of carbonyl (C=O) groups is 2. The van der Waals surface area contributed by atoms with Gasteiger partial charge in [0.2, 0.25) is 5.91 Å². The van der Waals surface area contributed by atoms with E-state index in [4.69, 9.17) is 0 Å². The number of carbonyl (C=O) groups excluding carboxylic acids is 2. The highest BCUT2D eigenvalue weighted by Gasteiger charge is 2.36. The van der Waals surface area contributed by atoms with Crippen LogP contribution >= 0.6 is 0 Å². The molecular formula is C20H21FN2O2. The normalized spacial score (nSPS) is 17.8. The SMILES string of the molecule is Cc1ccc(C(=O)N2CCN(c3cc(C)ccc3F)C(=O)[C@H]2C)cc1. The maximum atomic E-state index is 14.1. The van der Waals surface area contributed by atoms with Crippen LogP contribution in [0.1, 0.15) is 28.4 Å². The second kappa shape index (κ2) is 6.67. The molecule has 0 bridgehead atoms. The first-order chi connectivity index (χ1) is 11.9. The minimum atomic E-state index is -0.637. The maximum Gasteiger partial charge on any atom is 0.254 e. The number of anilines is 1. The van der Waals surface area contributed by atoms with E-state index in [9.17, 15) is 14.0 Å². The van der Waals surface area contributed by atoms with E-state index in [2.05, 4.69) is 0 Å². The first kappa shape index (κ1) is 17.1. The van der Waals surface area contributed by atoms with Crippen molar-refractivity contribution in [3.63, 3.8) is 0 Å². The predicted octanol–water partition coefficient (Wildman–Crippen LogP) is 3.32. The van der Waals surface area contributed by atoms with Crippen LogP contribution in [0.4, 0.5) is 10.1 Å². The van der Waals surface area contributed by atoms with Crippen molar-refractivity contribution >= 4 is 17.5 Å². The zero-order valence-corrected chi connectivity index (χ0v) is 14.6. The number of benzene rings is 2. The molecule has 2 aromatic carbocycles. The fourth-order valence-electron chi connectivity index (χ4n) is 3.08. The standard InChI is InChI=1S/C20H21FN2O2/c1-13-4-7-16(8-5-13)20(25)22-10-11-23(19(24)15(22)3)18-12-14(2)6-9-17(18)21/h4-9,12,15H,10-11H2,1-3H3/t15-/m1/s1. The lowest BCUT2D eigenvalue weighted by Crippen LogP contribution is -2.58. The monoisotopic (exact) mass is 340 g/mol. The number of hydrogen-bond donors (Lipinski definition) is 0. The zero-order valence-electron chi connectivity index (χ0n) is 14.6. The molecule has 0 N–H and O–H groups in total. The van der Waals surface area contributed by atoms with Crippen LogP contribution in [-0.4, -0.2) is 35.8 Å². The summed E-state index contributed by atoms with van der Waals surface area (Å²) < 4.78 is 14.1. The van der Waals surface area contributed by atoms with Crippen LogP contribution in [0.15, 0.2) is 42.5 Å². The van der Waals surface area contributed by atoms with Crippen molar-refractivity contribution in [2.45, 2.75) is 26.8 Å². The van der Waals surface area contributed by atoms with E-state index in [0.717, 1.165) is 11.1 Å². The Balaban J connectivity index is 1.83. The van der Waals surface area contributed by atoms with Crippen LogP contribution in [0.5, 0.6) is 0 Å². The molecule has 5 heteroatoms. The van der Waals surface area contributed by atoms with Gasteiger partial charge in [-0.15, -0.1) is 0 Å².